The number of aliphatic hydroxyl groups is 1. The Morgan fingerprint density at radius 2 is 1.17 bits per heavy atom. The van der Waals surface area contributed by atoms with E-state index >= 15 is 0 Å². The highest BCUT2D eigenvalue weighted by molar-refractivity contribution is 6.31. The third-order valence-corrected chi connectivity index (χ3v) is 18.0. The maximum Gasteiger partial charge on any atom is 0.434 e. The normalized spacial score (nSPS) is 13.4. The van der Waals surface area contributed by atoms with Gasteiger partial charge in [-0.2, -0.15) is 18.3 Å². The zero-order valence-electron chi connectivity index (χ0n) is 65.4. The van der Waals surface area contributed by atoms with E-state index < -0.39 is 174 Å². The van der Waals surface area contributed by atoms with Gasteiger partial charge in [0, 0.05) is 90.8 Å². The molecule has 1 heterocycles. The van der Waals surface area contributed by atoms with E-state index in [-0.39, 0.29) is 90.2 Å². The van der Waals surface area contributed by atoms with Gasteiger partial charge in [-0.25, -0.2) is 4.68 Å². The van der Waals surface area contributed by atoms with Crippen molar-refractivity contribution in [2.75, 3.05) is 99.2 Å². The monoisotopic (exact) mass is 1570 g/mol. The number of aromatic nitrogens is 2. The predicted octanol–water partition coefficient (Wildman–Crippen LogP) is 2.31. The van der Waals surface area contributed by atoms with Gasteiger partial charge in [0.15, 0.2) is 5.69 Å². The van der Waals surface area contributed by atoms with Crippen LogP contribution in [0.4, 0.5) is 24.5 Å². The first kappa shape index (κ1) is 93.7. The lowest BCUT2D eigenvalue weighted by molar-refractivity contribution is -0.146. The minimum Gasteiger partial charge on any atom is -0.392 e. The summed E-state index contributed by atoms with van der Waals surface area (Å²) in [5, 5.41) is 37.7. The number of carbonyl (C=O) groups excluding carboxylic acids is 15. The van der Waals surface area contributed by atoms with Crippen molar-refractivity contribution in [2.24, 2.45) is 23.7 Å². The quantitative estimate of drug-likeness (QED) is 0.0288. The van der Waals surface area contributed by atoms with Gasteiger partial charge in [-0.3, -0.25) is 71.9 Å². The highest BCUT2D eigenvalue weighted by Gasteiger charge is 2.42. The fourth-order valence-electron chi connectivity index (χ4n) is 11.3. The van der Waals surface area contributed by atoms with Crippen LogP contribution < -0.4 is 47.9 Å². The van der Waals surface area contributed by atoms with Crippen LogP contribution >= 0.6 is 11.6 Å². The summed E-state index contributed by atoms with van der Waals surface area (Å²) in [5.41, 5.74) is -2.22. The van der Waals surface area contributed by atoms with Crippen LogP contribution in [0.3, 0.4) is 0 Å². The maximum absolute atomic E-state index is 14.5. The molecule has 0 fully saturated rings. The lowest BCUT2D eigenvalue weighted by Gasteiger charge is -2.34. The summed E-state index contributed by atoms with van der Waals surface area (Å²) in [6.45, 7) is 17.9. The van der Waals surface area contributed by atoms with Crippen LogP contribution in [0, 0.1) is 23.7 Å². The van der Waals surface area contributed by atoms with E-state index in [4.69, 9.17) is 11.6 Å². The maximum atomic E-state index is 14.5. The average molecular weight is 1570 g/mol. The van der Waals surface area contributed by atoms with Crippen molar-refractivity contribution in [3.8, 4) is 5.69 Å². The number of carbonyl (C=O) groups is 15. The Bertz CT molecular complexity index is 3800. The van der Waals surface area contributed by atoms with Gasteiger partial charge in [0.1, 0.15) is 36.3 Å². The molecule has 0 spiro atoms. The molecule has 15 amide bonds. The number of likely N-dealkylation sites (N-methyl/N-ethyl adjacent to an activating group) is 7. The van der Waals surface area contributed by atoms with E-state index in [0.717, 1.165) is 36.8 Å². The Balaban J connectivity index is 1.46. The number of benzene rings is 2. The molecule has 0 aliphatic rings. The summed E-state index contributed by atoms with van der Waals surface area (Å²) in [6, 6.07) is 2.05. The second kappa shape index (κ2) is 43.6. The van der Waals surface area contributed by atoms with E-state index in [1.54, 1.807) is 41.5 Å². The van der Waals surface area contributed by atoms with E-state index in [2.05, 4.69) is 59.5 Å². The van der Waals surface area contributed by atoms with Crippen LogP contribution in [0.15, 0.2) is 61.3 Å². The number of anilines is 2. The molecule has 110 heavy (non-hydrogen) atoms. The molecule has 1 aromatic heterocycles. The van der Waals surface area contributed by atoms with Crippen molar-refractivity contribution >= 4 is 112 Å². The van der Waals surface area contributed by atoms with Crippen molar-refractivity contribution in [1.82, 2.24) is 76.4 Å². The van der Waals surface area contributed by atoms with E-state index in [1.165, 1.54) is 111 Å². The number of nitrogens with zero attached hydrogens (tertiary/aromatic N) is 8. The highest BCUT2D eigenvalue weighted by Crippen LogP contribution is 2.35. The van der Waals surface area contributed by atoms with Crippen molar-refractivity contribution < 1.29 is 90.2 Å². The van der Waals surface area contributed by atoms with Gasteiger partial charge in [0.25, 0.3) is 11.8 Å². The van der Waals surface area contributed by atoms with E-state index in [9.17, 15) is 90.2 Å². The second-order valence-electron chi connectivity index (χ2n) is 28.1. The summed E-state index contributed by atoms with van der Waals surface area (Å²) >= 11 is 6.09. The number of rotatable bonds is 41. The molecular weight excluding hydrogens is 1460 g/mol. The number of alkyl halides is 3. The first-order valence-electron chi connectivity index (χ1n) is 35.7. The van der Waals surface area contributed by atoms with Crippen LogP contribution in [-0.2, 0) is 68.5 Å². The molecule has 0 bridgehead atoms. The zero-order valence-corrected chi connectivity index (χ0v) is 66.2. The van der Waals surface area contributed by atoms with Crippen LogP contribution in [0.1, 0.15) is 134 Å². The Morgan fingerprint density at radius 3 is 1.72 bits per heavy atom. The SMILES string of the molecule is C=CC(=O)Nc1cc(Cl)cc(NC(=O)c2cnn(-c3ccc(C(=O)NCCNC(=O)CCC[C@@H](C)[C@@H](O)CC(=O)N[C@@H](CC)C(=O)N(C)CC(=O)N(C)CC(=O)NC(C(=O)N(C)[C@@H](CC(C)C)C(=O)N[C@@H](C)C(=O)N[C@H](C)C(=O)N(C)CC(=O)N(C)CC(=O)N(C)C(C(=O)NC)C(C)C)C(C)C)cc3)c2C(F)(F)F)c1. The highest BCUT2D eigenvalue weighted by atomic mass is 35.5. The fourth-order valence-corrected chi connectivity index (χ4v) is 11.5. The summed E-state index contributed by atoms with van der Waals surface area (Å²) in [6.07, 6.45) is -4.12. The minimum atomic E-state index is -5.08. The molecule has 3 aromatic rings. The molecule has 0 aliphatic carbocycles. The molecule has 0 saturated heterocycles. The summed E-state index contributed by atoms with van der Waals surface area (Å²) < 4.78 is 43.9. The second-order valence-corrected chi connectivity index (χ2v) is 28.5. The first-order chi connectivity index (χ1) is 51.3. The van der Waals surface area contributed by atoms with Crippen molar-refractivity contribution in [2.45, 2.75) is 156 Å². The Hall–Kier alpha value is -10.5. The number of aliphatic hydroxyl groups excluding tert-OH is 1. The fraction of sp³-hybridized carbons (Fsp3) is 0.562. The van der Waals surface area contributed by atoms with E-state index in [0.29, 0.717) is 17.5 Å². The number of amides is 15. The lowest BCUT2D eigenvalue weighted by atomic mass is 9.95. The number of hydrogen-bond donors (Lipinski definition) is 10. The average Bonchev–Trinajstić information content (AvgIpc) is 1.60. The van der Waals surface area contributed by atoms with Crippen LogP contribution in [0.5, 0.6) is 0 Å². The van der Waals surface area contributed by atoms with Gasteiger partial charge < -0.3 is 82.4 Å². The third kappa shape index (κ3) is 28.8. The number of nitrogens with one attached hydrogen (secondary N) is 9. The minimum absolute atomic E-state index is 0.00380. The molecular formula is C73H107ClF3N17O16. The Morgan fingerprint density at radius 1 is 0.618 bits per heavy atom. The van der Waals surface area contributed by atoms with Gasteiger partial charge >= 0.3 is 6.18 Å². The zero-order chi connectivity index (χ0) is 83.5. The van der Waals surface area contributed by atoms with Gasteiger partial charge in [-0.1, -0.05) is 73.6 Å². The molecule has 33 nitrogen and oxygen atoms in total. The molecule has 10 N–H and O–H groups in total. The Kier molecular flexibility index (Phi) is 37.1. The molecule has 8 atom stereocenters. The predicted molar refractivity (Wildman–Crippen MR) is 402 cm³/mol. The molecule has 0 radical (unpaired) electrons. The molecule has 2 unspecified atom stereocenters. The molecule has 608 valence electrons. The number of hydrogen-bond acceptors (Lipinski definition) is 17. The van der Waals surface area contributed by atoms with Crippen molar-refractivity contribution in [3.05, 3.63) is 83.2 Å². The number of halogens is 4. The van der Waals surface area contributed by atoms with Crippen LogP contribution in [-0.4, -0.2) is 264 Å². The standard InChI is InChI=1S/C73H107ClF3N17O16/c1-19-52(86-57(98)34-54(95)43(9)22-21-23-56(97)79-28-29-80-66(104)46-24-26-50(27-25-46)94-64(73(75,76)77)51(35-81-94)67(105)85-49-32-47(74)31-48(33-49)84-55(96)20-2)71(109)91(16)38-59(100)88(13)36-58(99)87-62(41(5)6)72(110)92(17)53(30-40(3)4)68(106)82-44(10)65(103)83-45(11)70(108)90(15)37-60(101)89(14)39-61(102)93(18)63(42(7)8)69(107)78-12/h20,24-27,31-33,35,40-45,52-54,62-63,95H,2,19,21-23,28-30,34,36-39H2,1,3-18H3,(H,78,107)(H,79,97)(H,80,104)(H,82,106)(H,83,103)(H,84,96)(H,85,105)(H,86,98)(H,87,99)/t43-,44+,45-,52+,53+,54+,62?,63?/m1/s1. The van der Waals surface area contributed by atoms with Crippen molar-refractivity contribution in [1.29, 1.82) is 0 Å². The lowest BCUT2D eigenvalue weighted by Crippen LogP contribution is -2.59. The molecule has 0 aliphatic heterocycles. The van der Waals surface area contributed by atoms with Crippen LogP contribution in [0.25, 0.3) is 5.69 Å². The molecule has 37 heteroatoms. The molecule has 0 saturated carbocycles. The topological polar surface area (TPSA) is 422 Å². The molecule has 3 rings (SSSR count). The first-order valence-corrected chi connectivity index (χ1v) is 36.1. The van der Waals surface area contributed by atoms with E-state index in [1.807, 2.05) is 13.8 Å². The molecule has 2 aromatic carbocycles. The largest absolute Gasteiger partial charge is 0.434 e. The smallest absolute Gasteiger partial charge is 0.392 e. The van der Waals surface area contributed by atoms with Gasteiger partial charge in [-0.15, -0.1) is 0 Å². The van der Waals surface area contributed by atoms with Gasteiger partial charge in [-0.05, 0) is 112 Å². The van der Waals surface area contributed by atoms with Gasteiger partial charge in [0.2, 0.25) is 76.8 Å². The summed E-state index contributed by atoms with van der Waals surface area (Å²) in [7, 11) is 9.60. The summed E-state index contributed by atoms with van der Waals surface area (Å²) in [5.74, 6) is -11.3. The summed E-state index contributed by atoms with van der Waals surface area (Å²) in [4.78, 5) is 205. The van der Waals surface area contributed by atoms with Crippen LogP contribution in [0.2, 0.25) is 5.02 Å². The third-order valence-electron chi connectivity index (χ3n) is 17.8. The van der Waals surface area contributed by atoms with Crippen molar-refractivity contribution in [3.63, 3.8) is 0 Å². The Labute approximate surface area is 643 Å². The van der Waals surface area contributed by atoms with Gasteiger partial charge in [0.05, 0.1) is 56.2 Å².